The van der Waals surface area contributed by atoms with Crippen LogP contribution in [0.1, 0.15) is 38.2 Å². The van der Waals surface area contributed by atoms with Crippen molar-refractivity contribution in [3.8, 4) is 5.75 Å². The maximum atomic E-state index is 14.2. The first kappa shape index (κ1) is 28.1. The van der Waals surface area contributed by atoms with Gasteiger partial charge in [0, 0.05) is 37.8 Å². The van der Waals surface area contributed by atoms with E-state index < -0.39 is 68.8 Å². The standard InChI is InChI=1S/C25H27F5N2O5S/c1-23(26,27)9-8-17-14-32(16-6-4-3-5-7-16)19-12-18(25(28,29)30)20(13-21(19)38(35,36)31(17)2)37-15-24(10-11-24)22(33)34/h3-7,12-13,17H,8-11,14-15H2,1-2H3,(H,33,34)/t17-/m1/s1. The number of anilines is 2. The number of fused-ring (bicyclic) bond motifs is 1. The summed E-state index contributed by atoms with van der Waals surface area (Å²) in [4.78, 5) is 12.4. The Kier molecular flexibility index (Phi) is 7.15. The lowest BCUT2D eigenvalue weighted by molar-refractivity contribution is -0.144. The fraction of sp³-hybridized carbons (Fsp3) is 0.480. The van der Waals surface area contributed by atoms with Crippen LogP contribution in [0.3, 0.4) is 0 Å². The minimum Gasteiger partial charge on any atom is -0.492 e. The number of halogens is 5. The third-order valence-corrected chi connectivity index (χ3v) is 8.96. The van der Waals surface area contributed by atoms with Gasteiger partial charge in [0.15, 0.2) is 0 Å². The SMILES string of the molecule is CN1[C@H](CCC(C)(F)F)CN(c2ccccc2)c2cc(C(F)(F)F)c(OCC3(C(=O)O)CC3)cc2S1(=O)=O. The van der Waals surface area contributed by atoms with Gasteiger partial charge in [-0.05, 0) is 44.4 Å². The minimum absolute atomic E-state index is 0.178. The summed E-state index contributed by atoms with van der Waals surface area (Å²) in [5, 5.41) is 9.39. The molecule has 1 N–H and O–H groups in total. The smallest absolute Gasteiger partial charge is 0.420 e. The molecule has 4 rings (SSSR count). The van der Waals surface area contributed by atoms with Crippen LogP contribution in [-0.2, 0) is 21.0 Å². The number of rotatable bonds is 8. The van der Waals surface area contributed by atoms with Crippen LogP contribution < -0.4 is 9.64 Å². The molecule has 1 saturated carbocycles. The number of carboxylic acid groups (broad SMARTS) is 1. The van der Waals surface area contributed by atoms with Gasteiger partial charge in [0.05, 0.1) is 11.3 Å². The van der Waals surface area contributed by atoms with E-state index in [0.717, 1.165) is 10.4 Å². The fourth-order valence-electron chi connectivity index (χ4n) is 4.42. The summed E-state index contributed by atoms with van der Waals surface area (Å²) in [5.41, 5.74) is -2.50. The van der Waals surface area contributed by atoms with Gasteiger partial charge < -0.3 is 14.7 Å². The van der Waals surface area contributed by atoms with Gasteiger partial charge in [0.1, 0.15) is 22.7 Å². The van der Waals surface area contributed by atoms with Gasteiger partial charge in [0.25, 0.3) is 0 Å². The zero-order valence-electron chi connectivity index (χ0n) is 20.6. The average molecular weight is 563 g/mol. The zero-order valence-corrected chi connectivity index (χ0v) is 21.5. The van der Waals surface area contributed by atoms with Gasteiger partial charge in [-0.2, -0.15) is 17.5 Å². The van der Waals surface area contributed by atoms with E-state index in [2.05, 4.69) is 0 Å². The molecule has 7 nitrogen and oxygen atoms in total. The molecule has 1 atom stereocenters. The van der Waals surface area contributed by atoms with Crippen molar-refractivity contribution in [3.05, 3.63) is 48.0 Å². The molecule has 1 fully saturated rings. The Bertz CT molecular complexity index is 1310. The van der Waals surface area contributed by atoms with Crippen molar-refractivity contribution in [2.24, 2.45) is 5.41 Å². The molecule has 0 saturated heterocycles. The first-order chi connectivity index (χ1) is 17.6. The number of para-hydroxylation sites is 1. The first-order valence-corrected chi connectivity index (χ1v) is 13.3. The van der Waals surface area contributed by atoms with Crippen LogP contribution in [0.2, 0.25) is 0 Å². The Hall–Kier alpha value is -2.93. The first-order valence-electron chi connectivity index (χ1n) is 11.9. The molecule has 38 heavy (non-hydrogen) atoms. The van der Waals surface area contributed by atoms with Gasteiger partial charge >= 0.3 is 12.1 Å². The van der Waals surface area contributed by atoms with Crippen LogP contribution >= 0.6 is 0 Å². The summed E-state index contributed by atoms with van der Waals surface area (Å²) in [5.74, 6) is -5.10. The molecule has 1 heterocycles. The van der Waals surface area contributed by atoms with E-state index in [4.69, 9.17) is 4.74 Å². The number of carboxylic acids is 1. The number of benzene rings is 2. The predicted octanol–water partition coefficient (Wildman–Crippen LogP) is 5.53. The monoisotopic (exact) mass is 562 g/mol. The van der Waals surface area contributed by atoms with Crippen molar-refractivity contribution < 1.29 is 45.0 Å². The highest BCUT2D eigenvalue weighted by molar-refractivity contribution is 7.89. The molecule has 1 aliphatic carbocycles. The summed E-state index contributed by atoms with van der Waals surface area (Å²) in [6.45, 7) is -0.0238. The van der Waals surface area contributed by atoms with Crippen molar-refractivity contribution in [1.82, 2.24) is 4.31 Å². The molecule has 0 spiro atoms. The zero-order chi connectivity index (χ0) is 28.1. The fourth-order valence-corrected chi connectivity index (χ4v) is 5.98. The molecule has 2 aliphatic rings. The van der Waals surface area contributed by atoms with Gasteiger partial charge in [-0.3, -0.25) is 4.79 Å². The topological polar surface area (TPSA) is 87.2 Å². The maximum Gasteiger partial charge on any atom is 0.420 e. The molecular weight excluding hydrogens is 535 g/mol. The number of ether oxygens (including phenoxy) is 1. The summed E-state index contributed by atoms with van der Waals surface area (Å²) in [7, 11) is -3.27. The lowest BCUT2D eigenvalue weighted by Gasteiger charge is -2.30. The molecule has 13 heteroatoms. The molecule has 0 unspecified atom stereocenters. The molecule has 2 aromatic rings. The number of hydrogen-bond donors (Lipinski definition) is 1. The number of aliphatic carboxylic acids is 1. The Morgan fingerprint density at radius 2 is 1.76 bits per heavy atom. The highest BCUT2D eigenvalue weighted by atomic mass is 32.2. The Morgan fingerprint density at radius 1 is 1.13 bits per heavy atom. The molecule has 1 aliphatic heterocycles. The summed E-state index contributed by atoms with van der Waals surface area (Å²) < 4.78 is 103. The van der Waals surface area contributed by atoms with Crippen molar-refractivity contribution in [2.45, 2.75) is 55.6 Å². The largest absolute Gasteiger partial charge is 0.492 e. The van der Waals surface area contributed by atoms with Gasteiger partial charge in [-0.1, -0.05) is 18.2 Å². The molecule has 0 radical (unpaired) electrons. The van der Waals surface area contributed by atoms with Gasteiger partial charge in [-0.25, -0.2) is 17.2 Å². The number of nitrogens with zero attached hydrogens (tertiary/aromatic N) is 2. The van der Waals surface area contributed by atoms with Crippen molar-refractivity contribution in [3.63, 3.8) is 0 Å². The van der Waals surface area contributed by atoms with E-state index in [1.807, 2.05) is 0 Å². The number of sulfonamides is 1. The number of alkyl halides is 5. The quantitative estimate of drug-likeness (QED) is 0.426. The van der Waals surface area contributed by atoms with Crippen molar-refractivity contribution in [1.29, 1.82) is 0 Å². The average Bonchev–Trinajstić information content (AvgIpc) is 3.63. The Labute approximate surface area is 216 Å². The lowest BCUT2D eigenvalue weighted by Crippen LogP contribution is -2.41. The van der Waals surface area contributed by atoms with E-state index in [0.29, 0.717) is 18.7 Å². The third-order valence-electron chi connectivity index (χ3n) is 7.02. The molecule has 0 bridgehead atoms. The summed E-state index contributed by atoms with van der Waals surface area (Å²) >= 11 is 0. The highest BCUT2D eigenvalue weighted by Crippen LogP contribution is 2.49. The lowest BCUT2D eigenvalue weighted by atomic mass is 10.1. The molecule has 0 amide bonds. The van der Waals surface area contributed by atoms with Crippen LogP contribution in [0.5, 0.6) is 5.75 Å². The van der Waals surface area contributed by atoms with Crippen LogP contribution in [-0.4, -0.2) is 56.0 Å². The normalized spacial score (nSPS) is 20.9. The van der Waals surface area contributed by atoms with Crippen molar-refractivity contribution in [2.75, 3.05) is 25.1 Å². The number of hydrogen-bond acceptors (Lipinski definition) is 5. The maximum absolute atomic E-state index is 14.2. The minimum atomic E-state index is -4.96. The van der Waals surface area contributed by atoms with E-state index in [1.54, 1.807) is 30.3 Å². The molecule has 0 aromatic heterocycles. The number of carbonyl (C=O) groups is 1. The second-order valence-electron chi connectivity index (χ2n) is 9.92. The molecular formula is C25H27F5N2O5S. The van der Waals surface area contributed by atoms with Crippen LogP contribution in [0.25, 0.3) is 0 Å². The second kappa shape index (κ2) is 9.67. The van der Waals surface area contributed by atoms with Gasteiger partial charge in [0.2, 0.25) is 15.9 Å². The second-order valence-corrected chi connectivity index (χ2v) is 11.9. The molecule has 2 aromatic carbocycles. The highest BCUT2D eigenvalue weighted by Gasteiger charge is 2.52. The van der Waals surface area contributed by atoms with Gasteiger partial charge in [-0.15, -0.1) is 0 Å². The van der Waals surface area contributed by atoms with Crippen LogP contribution in [0.4, 0.5) is 33.3 Å². The van der Waals surface area contributed by atoms with Crippen LogP contribution in [0, 0.1) is 5.41 Å². The number of likely N-dealkylation sites (N-methyl/N-ethyl adjacent to an activating group) is 1. The Balaban J connectivity index is 1.87. The predicted molar refractivity (Wildman–Crippen MR) is 128 cm³/mol. The third kappa shape index (κ3) is 5.58. The summed E-state index contributed by atoms with van der Waals surface area (Å²) in [6.07, 6.45) is -5.39. The van der Waals surface area contributed by atoms with E-state index in [1.165, 1.54) is 11.9 Å². The van der Waals surface area contributed by atoms with E-state index >= 15 is 0 Å². The van der Waals surface area contributed by atoms with E-state index in [-0.39, 0.29) is 31.5 Å². The Morgan fingerprint density at radius 3 is 2.29 bits per heavy atom. The van der Waals surface area contributed by atoms with E-state index in [9.17, 15) is 40.3 Å². The van der Waals surface area contributed by atoms with Crippen molar-refractivity contribution >= 4 is 27.4 Å². The van der Waals surface area contributed by atoms with Crippen LogP contribution in [0.15, 0.2) is 47.4 Å². The summed E-state index contributed by atoms with van der Waals surface area (Å²) in [6, 6.07) is 8.51. The molecule has 208 valence electrons.